The highest BCUT2D eigenvalue weighted by Crippen LogP contribution is 2.24. The van der Waals surface area contributed by atoms with Gasteiger partial charge in [0.1, 0.15) is 0 Å². The molecule has 122 valence electrons. The topological polar surface area (TPSA) is 18.5 Å². The zero-order chi connectivity index (χ0) is 14.3. The van der Waals surface area contributed by atoms with E-state index in [1.807, 2.05) is 0 Å². The van der Waals surface area contributed by atoms with Gasteiger partial charge in [-0.05, 0) is 51.6 Å². The summed E-state index contributed by atoms with van der Waals surface area (Å²) in [5.41, 5.74) is 0. The second-order valence-corrected chi connectivity index (χ2v) is 7.46. The number of unbranched alkanes of at least 4 members (excludes halogenated alkanes) is 3. The first-order chi connectivity index (χ1) is 10.4. The third kappa shape index (κ3) is 5.54. The number of hydrogen-bond donors (Lipinski definition) is 1. The number of rotatable bonds is 9. The van der Waals surface area contributed by atoms with Crippen molar-refractivity contribution < 1.29 is 0 Å². The summed E-state index contributed by atoms with van der Waals surface area (Å²) in [6.45, 7) is 7.89. The number of piperazine rings is 1. The maximum atomic E-state index is 3.61. The Hall–Kier alpha value is -0.120. The van der Waals surface area contributed by atoms with Gasteiger partial charge in [0.2, 0.25) is 0 Å². The van der Waals surface area contributed by atoms with Gasteiger partial charge in [-0.3, -0.25) is 4.90 Å². The zero-order valence-electron chi connectivity index (χ0n) is 13.9. The van der Waals surface area contributed by atoms with Crippen LogP contribution >= 0.6 is 0 Å². The fourth-order valence-electron chi connectivity index (χ4n) is 4.03. The first-order valence-electron chi connectivity index (χ1n) is 9.61. The molecule has 1 saturated heterocycles. The monoisotopic (exact) mass is 293 g/mol. The molecule has 0 bridgehead atoms. The summed E-state index contributed by atoms with van der Waals surface area (Å²) in [7, 11) is 0. The van der Waals surface area contributed by atoms with Crippen molar-refractivity contribution in [1.29, 1.82) is 0 Å². The van der Waals surface area contributed by atoms with Gasteiger partial charge in [-0.15, -0.1) is 0 Å². The van der Waals surface area contributed by atoms with Crippen LogP contribution in [-0.2, 0) is 0 Å². The molecule has 3 nitrogen and oxygen atoms in total. The summed E-state index contributed by atoms with van der Waals surface area (Å²) in [5.74, 6) is 0. The molecule has 21 heavy (non-hydrogen) atoms. The minimum absolute atomic E-state index is 0.890. The van der Waals surface area contributed by atoms with Crippen molar-refractivity contribution in [2.75, 3.05) is 39.3 Å². The third-order valence-electron chi connectivity index (χ3n) is 5.66. The Bertz CT molecular complexity index is 276. The molecule has 0 aromatic rings. The van der Waals surface area contributed by atoms with Gasteiger partial charge in [-0.2, -0.15) is 0 Å². The van der Waals surface area contributed by atoms with Crippen LogP contribution in [0.4, 0.5) is 0 Å². The van der Waals surface area contributed by atoms with Gasteiger partial charge in [0.25, 0.3) is 0 Å². The summed E-state index contributed by atoms with van der Waals surface area (Å²) in [5, 5.41) is 3.61. The molecule has 0 radical (unpaired) electrons. The van der Waals surface area contributed by atoms with Crippen LogP contribution in [0.2, 0.25) is 0 Å². The van der Waals surface area contributed by atoms with Gasteiger partial charge in [0.15, 0.2) is 0 Å². The average Bonchev–Trinajstić information content (AvgIpc) is 3.18. The molecule has 0 spiro atoms. The minimum atomic E-state index is 0.890. The maximum absolute atomic E-state index is 3.61. The van der Waals surface area contributed by atoms with E-state index in [0.717, 1.165) is 12.1 Å². The molecular weight excluding hydrogens is 258 g/mol. The molecule has 0 aromatic carbocycles. The summed E-state index contributed by atoms with van der Waals surface area (Å²) in [6.07, 6.45) is 14.4. The molecule has 0 atom stereocenters. The van der Waals surface area contributed by atoms with Crippen LogP contribution in [-0.4, -0.2) is 61.2 Å². The van der Waals surface area contributed by atoms with E-state index in [9.17, 15) is 0 Å². The van der Waals surface area contributed by atoms with Crippen LogP contribution in [0.3, 0.4) is 0 Å². The Morgan fingerprint density at radius 2 is 1.48 bits per heavy atom. The molecule has 2 saturated carbocycles. The van der Waals surface area contributed by atoms with Crippen molar-refractivity contribution in [1.82, 2.24) is 15.1 Å². The van der Waals surface area contributed by atoms with E-state index in [2.05, 4.69) is 15.1 Å². The summed E-state index contributed by atoms with van der Waals surface area (Å²) < 4.78 is 0. The second-order valence-electron chi connectivity index (χ2n) is 7.46. The smallest absolute Gasteiger partial charge is 0.0113 e. The molecule has 1 aliphatic heterocycles. The minimum Gasteiger partial charge on any atom is -0.314 e. The molecule has 3 rings (SSSR count). The van der Waals surface area contributed by atoms with Gasteiger partial charge in [0.05, 0.1) is 0 Å². The van der Waals surface area contributed by atoms with Crippen molar-refractivity contribution in [3.05, 3.63) is 0 Å². The fourth-order valence-corrected chi connectivity index (χ4v) is 4.03. The maximum Gasteiger partial charge on any atom is 0.0113 e. The Labute approximate surface area is 131 Å². The molecular formula is C18H35N3. The van der Waals surface area contributed by atoms with Gasteiger partial charge in [-0.1, -0.05) is 25.7 Å². The van der Waals surface area contributed by atoms with Crippen LogP contribution < -0.4 is 5.32 Å². The van der Waals surface area contributed by atoms with Crippen molar-refractivity contribution in [3.8, 4) is 0 Å². The third-order valence-corrected chi connectivity index (χ3v) is 5.66. The van der Waals surface area contributed by atoms with Crippen molar-refractivity contribution in [2.45, 2.75) is 76.3 Å². The number of hydrogen-bond acceptors (Lipinski definition) is 3. The zero-order valence-corrected chi connectivity index (χ0v) is 13.9. The first kappa shape index (κ1) is 15.8. The molecule has 1 N–H and O–H groups in total. The van der Waals surface area contributed by atoms with E-state index in [4.69, 9.17) is 0 Å². The standard InChI is InChI=1S/C18H35N3/c1(5-11-19-17-9-10-17)2-6-12-20-13-15-21(16-14-20)18-7-3-4-8-18/h17-19H,1-16H2. The highest BCUT2D eigenvalue weighted by Gasteiger charge is 2.25. The van der Waals surface area contributed by atoms with Crippen molar-refractivity contribution in [3.63, 3.8) is 0 Å². The SMILES string of the molecule is C(CCCN1CCN(C2CCCC2)CC1)CCNC1CC1. The van der Waals surface area contributed by atoms with Crippen molar-refractivity contribution >= 4 is 0 Å². The molecule has 3 heteroatoms. The van der Waals surface area contributed by atoms with Gasteiger partial charge >= 0.3 is 0 Å². The Morgan fingerprint density at radius 3 is 2.19 bits per heavy atom. The molecule has 1 heterocycles. The van der Waals surface area contributed by atoms with Gasteiger partial charge in [0, 0.05) is 38.3 Å². The molecule has 0 unspecified atom stereocenters. The Morgan fingerprint density at radius 1 is 0.762 bits per heavy atom. The van der Waals surface area contributed by atoms with Crippen molar-refractivity contribution in [2.24, 2.45) is 0 Å². The lowest BCUT2D eigenvalue weighted by molar-refractivity contribution is 0.0967. The predicted octanol–water partition coefficient (Wildman–Crippen LogP) is 2.86. The lowest BCUT2D eigenvalue weighted by atomic mass is 10.1. The van der Waals surface area contributed by atoms with Crippen LogP contribution in [0.5, 0.6) is 0 Å². The van der Waals surface area contributed by atoms with Crippen LogP contribution in [0.1, 0.15) is 64.2 Å². The van der Waals surface area contributed by atoms with E-state index in [1.165, 1.54) is 103 Å². The van der Waals surface area contributed by atoms with Gasteiger partial charge in [-0.25, -0.2) is 0 Å². The van der Waals surface area contributed by atoms with Crippen LogP contribution in [0, 0.1) is 0 Å². The normalized spacial score (nSPS) is 25.7. The van der Waals surface area contributed by atoms with Gasteiger partial charge < -0.3 is 10.2 Å². The van der Waals surface area contributed by atoms with Crippen LogP contribution in [0.25, 0.3) is 0 Å². The van der Waals surface area contributed by atoms with E-state index in [-0.39, 0.29) is 0 Å². The molecule has 3 fully saturated rings. The highest BCUT2D eigenvalue weighted by atomic mass is 15.3. The van der Waals surface area contributed by atoms with Crippen LogP contribution in [0.15, 0.2) is 0 Å². The van der Waals surface area contributed by atoms with E-state index < -0.39 is 0 Å². The number of nitrogens with zero attached hydrogens (tertiary/aromatic N) is 2. The fraction of sp³-hybridized carbons (Fsp3) is 1.00. The highest BCUT2D eigenvalue weighted by molar-refractivity contribution is 4.82. The van der Waals surface area contributed by atoms with E-state index in [1.54, 1.807) is 0 Å². The second kappa shape index (κ2) is 8.50. The Balaban J connectivity index is 1.16. The Kier molecular flexibility index (Phi) is 6.38. The molecule has 0 aromatic heterocycles. The van der Waals surface area contributed by atoms with E-state index in [0.29, 0.717) is 0 Å². The average molecular weight is 293 g/mol. The largest absolute Gasteiger partial charge is 0.314 e. The summed E-state index contributed by atoms with van der Waals surface area (Å²) >= 11 is 0. The number of nitrogens with one attached hydrogen (secondary N) is 1. The first-order valence-corrected chi connectivity index (χ1v) is 9.61. The lowest BCUT2D eigenvalue weighted by Gasteiger charge is -2.38. The molecule has 2 aliphatic carbocycles. The lowest BCUT2D eigenvalue weighted by Crippen LogP contribution is -2.49. The molecule has 0 amide bonds. The quantitative estimate of drug-likeness (QED) is 0.660. The molecule has 3 aliphatic rings. The summed E-state index contributed by atoms with van der Waals surface area (Å²) in [6, 6.07) is 1.83. The summed E-state index contributed by atoms with van der Waals surface area (Å²) in [4.78, 5) is 5.47. The van der Waals surface area contributed by atoms with E-state index >= 15 is 0 Å². The predicted molar refractivity (Wildman–Crippen MR) is 89.8 cm³/mol.